The zero-order valence-electron chi connectivity index (χ0n) is 12.4. The lowest BCUT2D eigenvalue weighted by atomic mass is 10.2. The Kier molecular flexibility index (Phi) is 4.01. The van der Waals surface area contributed by atoms with Gasteiger partial charge in [-0.25, -0.2) is 15.0 Å². The summed E-state index contributed by atoms with van der Waals surface area (Å²) in [6.07, 6.45) is 1.58. The fourth-order valence-electron chi connectivity index (χ4n) is 2.12. The second-order valence-corrected chi connectivity index (χ2v) is 4.94. The zero-order chi connectivity index (χ0) is 16.2. The van der Waals surface area contributed by atoms with E-state index in [0.29, 0.717) is 11.5 Å². The molecule has 0 saturated heterocycles. The van der Waals surface area contributed by atoms with Gasteiger partial charge in [-0.2, -0.15) is 0 Å². The molecule has 2 heterocycles. The first-order chi connectivity index (χ1) is 11.1. The molecular formula is C16H15N5O2. The number of amidine groups is 1. The maximum absolute atomic E-state index is 12.3. The lowest BCUT2D eigenvalue weighted by Crippen LogP contribution is -2.57. The van der Waals surface area contributed by atoms with Gasteiger partial charge in [0.15, 0.2) is 0 Å². The molecule has 1 aliphatic heterocycles. The molecule has 0 aliphatic carbocycles. The molecule has 0 radical (unpaired) electrons. The van der Waals surface area contributed by atoms with Crippen molar-refractivity contribution in [1.29, 1.82) is 0 Å². The smallest absolute Gasteiger partial charge is 0.293 e. The molecule has 0 unspecified atom stereocenters. The highest BCUT2D eigenvalue weighted by molar-refractivity contribution is 6.43. The van der Waals surface area contributed by atoms with Crippen molar-refractivity contribution >= 4 is 29.2 Å². The van der Waals surface area contributed by atoms with Crippen LogP contribution in [0.1, 0.15) is 6.92 Å². The number of amides is 2. The molecule has 23 heavy (non-hydrogen) atoms. The first kappa shape index (κ1) is 14.7. The molecule has 1 atom stereocenters. The number of rotatable bonds is 3. The molecule has 2 N–H and O–H groups in total. The van der Waals surface area contributed by atoms with Crippen LogP contribution in [0, 0.1) is 0 Å². The summed E-state index contributed by atoms with van der Waals surface area (Å²) in [6.45, 7) is 1.65. The summed E-state index contributed by atoms with van der Waals surface area (Å²) < 4.78 is 0. The van der Waals surface area contributed by atoms with Crippen molar-refractivity contribution in [3.05, 3.63) is 54.7 Å². The first-order valence-corrected chi connectivity index (χ1v) is 7.11. The highest BCUT2D eigenvalue weighted by atomic mass is 16.2. The maximum Gasteiger partial charge on any atom is 0.293 e. The Morgan fingerprint density at radius 3 is 2.61 bits per heavy atom. The lowest BCUT2D eigenvalue weighted by molar-refractivity contribution is -0.120. The van der Waals surface area contributed by atoms with Crippen LogP contribution in [-0.2, 0) is 9.59 Å². The van der Waals surface area contributed by atoms with Crippen LogP contribution in [0.2, 0.25) is 0 Å². The van der Waals surface area contributed by atoms with Crippen LogP contribution < -0.4 is 15.8 Å². The number of para-hydroxylation sites is 1. The molecule has 7 heteroatoms. The van der Waals surface area contributed by atoms with Crippen molar-refractivity contribution < 1.29 is 9.59 Å². The SMILES string of the molecule is C[C@@H]1N=C(C(=O)Nc2ccccn2)NN(c2ccccc2)C1=O. The summed E-state index contributed by atoms with van der Waals surface area (Å²) in [6, 6.07) is 13.6. The third kappa shape index (κ3) is 3.18. The van der Waals surface area contributed by atoms with E-state index in [1.807, 2.05) is 18.2 Å². The van der Waals surface area contributed by atoms with E-state index in [4.69, 9.17) is 0 Å². The molecule has 116 valence electrons. The Bertz CT molecular complexity index is 746. The number of hydrazine groups is 1. The van der Waals surface area contributed by atoms with Gasteiger partial charge < -0.3 is 5.32 Å². The first-order valence-electron chi connectivity index (χ1n) is 7.11. The number of nitrogens with one attached hydrogen (secondary N) is 2. The van der Waals surface area contributed by atoms with Gasteiger partial charge in [0.2, 0.25) is 5.84 Å². The highest BCUT2D eigenvalue weighted by Gasteiger charge is 2.30. The monoisotopic (exact) mass is 309 g/mol. The van der Waals surface area contributed by atoms with Crippen molar-refractivity contribution in [3.8, 4) is 0 Å². The number of pyridine rings is 1. The average molecular weight is 309 g/mol. The molecule has 1 aromatic carbocycles. The van der Waals surface area contributed by atoms with Crippen molar-refractivity contribution in [1.82, 2.24) is 10.4 Å². The standard InChI is InChI=1S/C16H15N5O2/c1-11-16(23)21(12-7-3-2-4-8-12)20-14(18-11)15(22)19-13-9-5-6-10-17-13/h2-11H,1H3,(H,18,20)(H,17,19,22)/t11-/m0/s1. The minimum atomic E-state index is -0.652. The Morgan fingerprint density at radius 2 is 1.91 bits per heavy atom. The van der Waals surface area contributed by atoms with Gasteiger partial charge in [0.1, 0.15) is 11.9 Å². The van der Waals surface area contributed by atoms with E-state index in [9.17, 15) is 9.59 Å². The second kappa shape index (κ2) is 6.27. The van der Waals surface area contributed by atoms with E-state index in [0.717, 1.165) is 0 Å². The predicted octanol–water partition coefficient (Wildman–Crippen LogP) is 1.36. The lowest BCUT2D eigenvalue weighted by Gasteiger charge is -2.30. The summed E-state index contributed by atoms with van der Waals surface area (Å²) in [5.74, 6) is -0.209. The van der Waals surface area contributed by atoms with Crippen LogP contribution in [0.5, 0.6) is 0 Å². The van der Waals surface area contributed by atoms with E-state index in [-0.39, 0.29) is 11.7 Å². The van der Waals surface area contributed by atoms with Gasteiger partial charge in [-0.1, -0.05) is 24.3 Å². The van der Waals surface area contributed by atoms with Gasteiger partial charge in [-0.15, -0.1) is 0 Å². The third-order valence-electron chi connectivity index (χ3n) is 3.25. The van der Waals surface area contributed by atoms with Crippen LogP contribution in [0.4, 0.5) is 11.5 Å². The molecular weight excluding hydrogens is 294 g/mol. The van der Waals surface area contributed by atoms with Crippen molar-refractivity contribution in [2.24, 2.45) is 4.99 Å². The number of benzene rings is 1. The molecule has 0 fully saturated rings. The predicted molar refractivity (Wildman–Crippen MR) is 86.8 cm³/mol. The van der Waals surface area contributed by atoms with E-state index in [1.165, 1.54) is 5.01 Å². The Labute approximate surface area is 133 Å². The summed E-state index contributed by atoms with van der Waals surface area (Å²) in [5.41, 5.74) is 3.41. The van der Waals surface area contributed by atoms with Crippen molar-refractivity contribution in [2.45, 2.75) is 13.0 Å². The van der Waals surface area contributed by atoms with E-state index >= 15 is 0 Å². The van der Waals surface area contributed by atoms with E-state index in [1.54, 1.807) is 43.5 Å². The highest BCUT2D eigenvalue weighted by Crippen LogP contribution is 2.16. The quantitative estimate of drug-likeness (QED) is 0.896. The van der Waals surface area contributed by atoms with Crippen LogP contribution in [-0.4, -0.2) is 28.7 Å². The van der Waals surface area contributed by atoms with Crippen LogP contribution in [0.25, 0.3) is 0 Å². The van der Waals surface area contributed by atoms with Gasteiger partial charge >= 0.3 is 0 Å². The molecule has 1 aliphatic rings. The second-order valence-electron chi connectivity index (χ2n) is 4.94. The van der Waals surface area contributed by atoms with Crippen molar-refractivity contribution in [2.75, 3.05) is 10.3 Å². The number of hydrogen-bond acceptors (Lipinski definition) is 5. The van der Waals surface area contributed by atoms with Crippen molar-refractivity contribution in [3.63, 3.8) is 0 Å². The fourth-order valence-corrected chi connectivity index (χ4v) is 2.12. The Hall–Kier alpha value is -3.22. The van der Waals surface area contributed by atoms with E-state index in [2.05, 4.69) is 20.7 Å². The van der Waals surface area contributed by atoms with Gasteiger partial charge in [0.05, 0.1) is 5.69 Å². The summed E-state index contributed by atoms with van der Waals surface area (Å²) >= 11 is 0. The largest absolute Gasteiger partial charge is 0.304 e. The molecule has 0 bridgehead atoms. The number of anilines is 2. The van der Waals surface area contributed by atoms with E-state index < -0.39 is 11.9 Å². The maximum atomic E-state index is 12.3. The molecule has 2 amide bonds. The number of carbonyl (C=O) groups is 2. The topological polar surface area (TPSA) is 86.7 Å². The number of carbonyl (C=O) groups excluding carboxylic acids is 2. The van der Waals surface area contributed by atoms with Gasteiger partial charge in [0.25, 0.3) is 11.8 Å². The molecule has 0 saturated carbocycles. The number of aliphatic imine (C=N–C) groups is 1. The van der Waals surface area contributed by atoms with Crippen LogP contribution in [0.15, 0.2) is 59.7 Å². The molecule has 0 spiro atoms. The summed E-state index contributed by atoms with van der Waals surface area (Å²) in [4.78, 5) is 32.7. The number of hydrogen-bond donors (Lipinski definition) is 2. The number of aromatic nitrogens is 1. The fraction of sp³-hybridized carbons (Fsp3) is 0.125. The zero-order valence-corrected chi connectivity index (χ0v) is 12.4. The van der Waals surface area contributed by atoms with Gasteiger partial charge in [0, 0.05) is 6.20 Å². The average Bonchev–Trinajstić information content (AvgIpc) is 2.59. The van der Waals surface area contributed by atoms with Crippen LogP contribution >= 0.6 is 0 Å². The third-order valence-corrected chi connectivity index (χ3v) is 3.25. The molecule has 1 aromatic heterocycles. The van der Waals surface area contributed by atoms with Gasteiger partial charge in [-0.05, 0) is 31.2 Å². The molecule has 7 nitrogen and oxygen atoms in total. The van der Waals surface area contributed by atoms with Gasteiger partial charge in [-0.3, -0.25) is 15.0 Å². The van der Waals surface area contributed by atoms with Crippen LogP contribution in [0.3, 0.4) is 0 Å². The molecule has 3 rings (SSSR count). The normalized spacial score (nSPS) is 17.3. The molecule has 2 aromatic rings. The number of nitrogens with zero attached hydrogens (tertiary/aromatic N) is 3. The minimum Gasteiger partial charge on any atom is -0.304 e. The Balaban J connectivity index is 1.81. The Morgan fingerprint density at radius 1 is 1.17 bits per heavy atom. The summed E-state index contributed by atoms with van der Waals surface area (Å²) in [5, 5.41) is 3.96. The summed E-state index contributed by atoms with van der Waals surface area (Å²) in [7, 11) is 0. The minimum absolute atomic E-state index is 0.0617.